The summed E-state index contributed by atoms with van der Waals surface area (Å²) in [5.41, 5.74) is 7.19. The van der Waals surface area contributed by atoms with E-state index in [2.05, 4.69) is 4.98 Å². The molecule has 17 heavy (non-hydrogen) atoms. The number of carboxylic acids is 1. The van der Waals surface area contributed by atoms with Gasteiger partial charge < -0.3 is 15.2 Å². The first kappa shape index (κ1) is 10.3. The predicted octanol–water partition coefficient (Wildman–Crippen LogP) is 1.30. The van der Waals surface area contributed by atoms with E-state index in [9.17, 15) is 4.79 Å². The monoisotopic (exact) mass is 231 g/mol. The molecule has 1 aliphatic carbocycles. The highest BCUT2D eigenvalue weighted by molar-refractivity contribution is 5.75. The van der Waals surface area contributed by atoms with Crippen molar-refractivity contribution in [2.24, 2.45) is 5.73 Å². The maximum atomic E-state index is 10.9. The summed E-state index contributed by atoms with van der Waals surface area (Å²) >= 11 is 0. The molecule has 1 fully saturated rings. The van der Waals surface area contributed by atoms with Gasteiger partial charge in [-0.15, -0.1) is 0 Å². The minimum absolute atomic E-state index is 0.522. The van der Waals surface area contributed by atoms with Crippen molar-refractivity contribution in [1.82, 2.24) is 9.38 Å². The number of carboxylic acid groups (broad SMARTS) is 1. The minimum atomic E-state index is -1.02. The summed E-state index contributed by atoms with van der Waals surface area (Å²) in [5.74, 6) is 0.519. The van der Waals surface area contributed by atoms with Crippen LogP contribution in [0, 0.1) is 0 Å². The molecule has 0 aliphatic heterocycles. The first-order valence-corrected chi connectivity index (χ1v) is 5.62. The Morgan fingerprint density at radius 1 is 1.53 bits per heavy atom. The molecule has 0 radical (unpaired) electrons. The lowest BCUT2D eigenvalue weighted by Crippen LogP contribution is -2.21. The highest BCUT2D eigenvalue weighted by atomic mass is 16.4. The highest BCUT2D eigenvalue weighted by Crippen LogP contribution is 2.39. The van der Waals surface area contributed by atoms with Crippen LogP contribution in [0.4, 0.5) is 0 Å². The highest BCUT2D eigenvalue weighted by Gasteiger charge is 2.28. The van der Waals surface area contributed by atoms with Gasteiger partial charge in [-0.25, -0.2) is 4.98 Å². The largest absolute Gasteiger partial charge is 0.480 e. The summed E-state index contributed by atoms with van der Waals surface area (Å²) in [4.78, 5) is 15.2. The molecule has 0 aromatic carbocycles. The zero-order chi connectivity index (χ0) is 12.0. The van der Waals surface area contributed by atoms with E-state index in [4.69, 9.17) is 10.8 Å². The second-order valence-corrected chi connectivity index (χ2v) is 4.46. The van der Waals surface area contributed by atoms with E-state index in [1.165, 1.54) is 0 Å². The molecule has 5 heteroatoms. The lowest BCUT2D eigenvalue weighted by Gasteiger charge is -2.08. The smallest absolute Gasteiger partial charge is 0.325 e. The molecule has 0 saturated heterocycles. The van der Waals surface area contributed by atoms with E-state index in [1.54, 1.807) is 12.3 Å². The first-order chi connectivity index (χ1) is 8.16. The van der Waals surface area contributed by atoms with E-state index in [0.717, 1.165) is 24.2 Å². The van der Waals surface area contributed by atoms with Crippen molar-refractivity contribution in [2.45, 2.75) is 24.8 Å². The average Bonchev–Trinajstić information content (AvgIpc) is 3.07. The normalized spacial score (nSPS) is 17.2. The lowest BCUT2D eigenvalue weighted by molar-refractivity contribution is -0.138. The Balaban J connectivity index is 2.09. The van der Waals surface area contributed by atoms with Crippen molar-refractivity contribution < 1.29 is 9.90 Å². The summed E-state index contributed by atoms with van der Waals surface area (Å²) < 4.78 is 1.95. The average molecular weight is 231 g/mol. The van der Waals surface area contributed by atoms with Gasteiger partial charge >= 0.3 is 5.97 Å². The van der Waals surface area contributed by atoms with Crippen LogP contribution in [-0.2, 0) is 4.79 Å². The second-order valence-electron chi connectivity index (χ2n) is 4.46. The summed E-state index contributed by atoms with van der Waals surface area (Å²) in [5, 5.41) is 8.90. The first-order valence-electron chi connectivity index (χ1n) is 5.62. The lowest BCUT2D eigenvalue weighted by atomic mass is 10.1. The van der Waals surface area contributed by atoms with Gasteiger partial charge in [-0.2, -0.15) is 0 Å². The Hall–Kier alpha value is -1.88. The summed E-state index contributed by atoms with van der Waals surface area (Å²) in [7, 11) is 0. The fourth-order valence-electron chi connectivity index (χ4n) is 2.00. The molecular formula is C12H13N3O2. The van der Waals surface area contributed by atoms with Gasteiger partial charge in [-0.05, 0) is 24.5 Å². The number of rotatable bonds is 3. The Labute approximate surface area is 97.9 Å². The number of fused-ring (bicyclic) bond motifs is 1. The minimum Gasteiger partial charge on any atom is -0.480 e. The molecule has 2 aromatic rings. The molecule has 2 heterocycles. The van der Waals surface area contributed by atoms with Gasteiger partial charge in [0, 0.05) is 12.1 Å². The van der Waals surface area contributed by atoms with Crippen LogP contribution in [0.5, 0.6) is 0 Å². The number of aromatic nitrogens is 2. The molecule has 3 rings (SSSR count). The van der Waals surface area contributed by atoms with Crippen molar-refractivity contribution in [3.05, 3.63) is 35.9 Å². The number of nitrogens with two attached hydrogens (primary N) is 1. The van der Waals surface area contributed by atoms with Crippen LogP contribution >= 0.6 is 0 Å². The Morgan fingerprint density at radius 3 is 2.94 bits per heavy atom. The zero-order valence-electron chi connectivity index (χ0n) is 9.21. The van der Waals surface area contributed by atoms with E-state index in [0.29, 0.717) is 11.5 Å². The van der Waals surface area contributed by atoms with Crippen LogP contribution in [0.15, 0.2) is 24.5 Å². The molecule has 3 N–H and O–H groups in total. The number of nitrogens with zero attached hydrogens (tertiary/aromatic N) is 2. The number of imidazole rings is 1. The third kappa shape index (κ3) is 1.68. The Kier molecular flexibility index (Phi) is 2.16. The van der Waals surface area contributed by atoms with Crippen LogP contribution in [-0.4, -0.2) is 20.5 Å². The molecule has 2 aromatic heterocycles. The standard InChI is InChI=1S/C12H13N3O2/c13-10(12(16)17)8-3-4-9-5-14-11(7-1-2-7)15(9)6-8/h3-7,10H,1-2,13H2,(H,16,17). The molecule has 1 aliphatic rings. The van der Waals surface area contributed by atoms with Gasteiger partial charge in [-0.1, -0.05) is 6.07 Å². The van der Waals surface area contributed by atoms with Crippen molar-refractivity contribution >= 4 is 11.5 Å². The predicted molar refractivity (Wildman–Crippen MR) is 61.7 cm³/mol. The van der Waals surface area contributed by atoms with Crippen molar-refractivity contribution in [1.29, 1.82) is 0 Å². The van der Waals surface area contributed by atoms with Crippen molar-refractivity contribution in [3.63, 3.8) is 0 Å². The van der Waals surface area contributed by atoms with Gasteiger partial charge in [-0.3, -0.25) is 4.79 Å². The number of hydrogen-bond acceptors (Lipinski definition) is 3. The van der Waals surface area contributed by atoms with Crippen molar-refractivity contribution in [3.8, 4) is 0 Å². The van der Waals surface area contributed by atoms with Gasteiger partial charge in [0.2, 0.25) is 0 Å². The van der Waals surface area contributed by atoms with Crippen LogP contribution in [0.1, 0.15) is 36.2 Å². The molecular weight excluding hydrogens is 218 g/mol. The molecule has 0 spiro atoms. The molecule has 0 bridgehead atoms. The van der Waals surface area contributed by atoms with E-state index < -0.39 is 12.0 Å². The maximum absolute atomic E-state index is 10.9. The molecule has 88 valence electrons. The quantitative estimate of drug-likeness (QED) is 0.834. The molecule has 5 nitrogen and oxygen atoms in total. The summed E-state index contributed by atoms with van der Waals surface area (Å²) in [6.45, 7) is 0. The zero-order valence-corrected chi connectivity index (χ0v) is 9.21. The topological polar surface area (TPSA) is 80.6 Å². The third-order valence-corrected chi connectivity index (χ3v) is 3.15. The fourth-order valence-corrected chi connectivity index (χ4v) is 2.00. The fraction of sp³-hybridized carbons (Fsp3) is 0.333. The van der Waals surface area contributed by atoms with E-state index >= 15 is 0 Å². The van der Waals surface area contributed by atoms with Crippen molar-refractivity contribution in [2.75, 3.05) is 0 Å². The molecule has 0 amide bonds. The molecule has 1 saturated carbocycles. The number of carbonyl (C=O) groups is 1. The third-order valence-electron chi connectivity index (χ3n) is 3.15. The number of pyridine rings is 1. The van der Waals surface area contributed by atoms with Gasteiger partial charge in [0.05, 0.1) is 11.7 Å². The Morgan fingerprint density at radius 2 is 2.29 bits per heavy atom. The molecule has 1 unspecified atom stereocenters. The Bertz CT molecular complexity index is 586. The SMILES string of the molecule is NC(C(=O)O)c1ccc2cnc(C3CC3)n2c1. The van der Waals surface area contributed by atoms with Gasteiger partial charge in [0.15, 0.2) is 0 Å². The maximum Gasteiger partial charge on any atom is 0.325 e. The summed E-state index contributed by atoms with van der Waals surface area (Å²) in [6, 6.07) is 2.62. The number of hydrogen-bond donors (Lipinski definition) is 2. The van der Waals surface area contributed by atoms with Crippen LogP contribution in [0.3, 0.4) is 0 Å². The van der Waals surface area contributed by atoms with Gasteiger partial charge in [0.25, 0.3) is 0 Å². The van der Waals surface area contributed by atoms with E-state index in [1.807, 2.05) is 16.7 Å². The van der Waals surface area contributed by atoms with Crippen LogP contribution < -0.4 is 5.73 Å². The van der Waals surface area contributed by atoms with Gasteiger partial charge in [0.1, 0.15) is 11.9 Å². The van der Waals surface area contributed by atoms with Crippen LogP contribution in [0.2, 0.25) is 0 Å². The van der Waals surface area contributed by atoms with E-state index in [-0.39, 0.29) is 0 Å². The summed E-state index contributed by atoms with van der Waals surface area (Å²) in [6.07, 6.45) is 5.92. The molecule has 1 atom stereocenters. The van der Waals surface area contributed by atoms with Crippen LogP contribution in [0.25, 0.3) is 5.52 Å². The second kappa shape index (κ2) is 3.56. The number of aliphatic carboxylic acids is 1.